The topological polar surface area (TPSA) is 95.9 Å². The van der Waals surface area contributed by atoms with Crippen molar-refractivity contribution in [3.8, 4) is 0 Å². The van der Waals surface area contributed by atoms with Crippen molar-refractivity contribution in [2.75, 3.05) is 13.2 Å². The number of hydrogen-bond acceptors (Lipinski definition) is 5. The summed E-state index contributed by atoms with van der Waals surface area (Å²) in [7, 11) is 0. The van der Waals surface area contributed by atoms with Crippen LogP contribution in [0, 0.1) is 0 Å². The second-order valence-corrected chi connectivity index (χ2v) is 21.7. The minimum Gasteiger partial charge on any atom is -0.466 e. The molecule has 0 radical (unpaired) electrons. The van der Waals surface area contributed by atoms with Gasteiger partial charge in [-0.05, 0) is 51.4 Å². The number of unbranched alkanes of at least 4 members (excludes halogenated alkanes) is 46. The molecule has 0 saturated carbocycles. The molecule has 0 aliphatic carbocycles. The number of nitrogens with one attached hydrogen (secondary N) is 1. The molecule has 0 rings (SSSR count). The highest BCUT2D eigenvalue weighted by Crippen LogP contribution is 2.18. The van der Waals surface area contributed by atoms with Crippen molar-refractivity contribution in [1.82, 2.24) is 5.32 Å². The van der Waals surface area contributed by atoms with E-state index in [1.54, 1.807) is 0 Å². The summed E-state index contributed by atoms with van der Waals surface area (Å²) in [4.78, 5) is 24.6. The Morgan fingerprint density at radius 2 is 0.681 bits per heavy atom. The monoisotopic (exact) mass is 974 g/mol. The van der Waals surface area contributed by atoms with Crippen LogP contribution in [0.4, 0.5) is 0 Å². The van der Waals surface area contributed by atoms with Crippen LogP contribution in [-0.2, 0) is 14.3 Å². The van der Waals surface area contributed by atoms with Gasteiger partial charge >= 0.3 is 5.97 Å². The molecule has 1 amide bonds. The summed E-state index contributed by atoms with van der Waals surface area (Å²) in [6, 6.07) is -0.553. The summed E-state index contributed by atoms with van der Waals surface area (Å²) in [6.45, 7) is 4.96. The fourth-order valence-corrected chi connectivity index (χ4v) is 9.99. The summed E-state index contributed by atoms with van der Waals surface area (Å²) in [5.74, 6) is -0.0459. The molecule has 0 fully saturated rings. The van der Waals surface area contributed by atoms with Crippen LogP contribution in [-0.4, -0.2) is 47.4 Å². The van der Waals surface area contributed by atoms with E-state index in [1.807, 2.05) is 0 Å². The van der Waals surface area contributed by atoms with E-state index in [1.165, 1.54) is 257 Å². The number of aliphatic hydroxyl groups excluding tert-OH is 2. The van der Waals surface area contributed by atoms with E-state index in [4.69, 9.17) is 4.74 Å². The molecule has 0 aromatic carbocycles. The van der Waals surface area contributed by atoms with E-state index >= 15 is 0 Å². The fraction of sp³-hybridized carbons (Fsp3) is 0.937. The summed E-state index contributed by atoms with van der Waals surface area (Å²) < 4.78 is 5.49. The molecule has 0 saturated heterocycles. The molecule has 0 bridgehead atoms. The molecular weight excluding hydrogens is 851 g/mol. The lowest BCUT2D eigenvalue weighted by atomic mass is 10.0. The van der Waals surface area contributed by atoms with E-state index in [2.05, 4.69) is 31.3 Å². The van der Waals surface area contributed by atoms with Crippen LogP contribution in [0.1, 0.15) is 354 Å². The molecule has 0 spiro atoms. The molecule has 0 aromatic heterocycles. The Kier molecular flexibility index (Phi) is 58.0. The third-order valence-electron chi connectivity index (χ3n) is 14.8. The summed E-state index contributed by atoms with van der Waals surface area (Å²) in [6.07, 6.45) is 70.7. The lowest BCUT2D eigenvalue weighted by molar-refractivity contribution is -0.143. The molecule has 0 aliphatic heterocycles. The van der Waals surface area contributed by atoms with Crippen LogP contribution in [0.2, 0.25) is 0 Å². The molecule has 6 heteroatoms. The number of rotatable bonds is 59. The van der Waals surface area contributed by atoms with Gasteiger partial charge in [0.05, 0.1) is 25.4 Å². The lowest BCUT2D eigenvalue weighted by Crippen LogP contribution is -2.45. The van der Waals surface area contributed by atoms with Crippen molar-refractivity contribution in [1.29, 1.82) is 0 Å². The number of allylic oxidation sites excluding steroid dienone is 2. The minimum atomic E-state index is -0.674. The van der Waals surface area contributed by atoms with Gasteiger partial charge in [0.15, 0.2) is 0 Å². The van der Waals surface area contributed by atoms with Crippen molar-refractivity contribution in [3.63, 3.8) is 0 Å². The zero-order chi connectivity index (χ0) is 50.0. The number of hydrogen-bond donors (Lipinski definition) is 3. The number of aliphatic hydroxyl groups is 2. The van der Waals surface area contributed by atoms with Gasteiger partial charge in [-0.1, -0.05) is 302 Å². The Balaban J connectivity index is 3.43. The maximum absolute atomic E-state index is 12.5. The van der Waals surface area contributed by atoms with Crippen LogP contribution in [0.15, 0.2) is 12.2 Å². The minimum absolute atomic E-state index is 0.00290. The van der Waals surface area contributed by atoms with Crippen LogP contribution >= 0.6 is 0 Å². The number of ether oxygens (including phenoxy) is 1. The van der Waals surface area contributed by atoms with Gasteiger partial charge < -0.3 is 20.3 Å². The first kappa shape index (κ1) is 67.6. The average Bonchev–Trinajstić information content (AvgIpc) is 3.35. The van der Waals surface area contributed by atoms with Gasteiger partial charge in [0.1, 0.15) is 0 Å². The highest BCUT2D eigenvalue weighted by molar-refractivity contribution is 5.76. The van der Waals surface area contributed by atoms with Gasteiger partial charge in [-0.15, -0.1) is 0 Å². The molecule has 2 atom stereocenters. The molecular formula is C63H123NO5. The zero-order valence-electron chi connectivity index (χ0n) is 46.8. The van der Waals surface area contributed by atoms with E-state index < -0.39 is 12.1 Å². The van der Waals surface area contributed by atoms with Crippen LogP contribution in [0.25, 0.3) is 0 Å². The Morgan fingerprint density at radius 1 is 0.391 bits per heavy atom. The third-order valence-corrected chi connectivity index (χ3v) is 14.8. The highest BCUT2D eigenvalue weighted by Gasteiger charge is 2.20. The quantitative estimate of drug-likeness (QED) is 0.0321. The smallest absolute Gasteiger partial charge is 0.305 e. The molecule has 69 heavy (non-hydrogen) atoms. The molecule has 410 valence electrons. The number of esters is 1. The Bertz CT molecular complexity index is 1030. The normalized spacial score (nSPS) is 12.6. The standard InChI is InChI=1S/C63H123NO5/c1-3-5-7-9-11-13-15-17-19-21-22-24-29-33-37-41-45-49-53-57-63(68)69-58-54-50-46-42-38-34-30-26-25-28-32-36-40-44-48-52-56-62(67)64-60(59-65)61(66)55-51-47-43-39-35-31-27-23-20-18-16-14-12-10-8-6-4-2/h25,28,60-61,65-66H,3-24,26-27,29-59H2,1-2H3,(H,64,67)/b28-25-. The largest absolute Gasteiger partial charge is 0.466 e. The first-order valence-electron chi connectivity index (χ1n) is 31.4. The van der Waals surface area contributed by atoms with E-state index in [9.17, 15) is 19.8 Å². The number of carbonyl (C=O) groups excluding carboxylic acids is 2. The Morgan fingerprint density at radius 3 is 1.03 bits per heavy atom. The zero-order valence-corrected chi connectivity index (χ0v) is 46.8. The van der Waals surface area contributed by atoms with Crippen LogP contribution < -0.4 is 5.32 Å². The summed E-state index contributed by atoms with van der Waals surface area (Å²) in [5, 5.41) is 23.3. The SMILES string of the molecule is CCCCCCCCCCCCCCCCCCCCCC(=O)OCCCCCCCCC/C=C\CCCCCCCC(=O)NC(CO)C(O)CCCCCCCCCCCCCCCCCCC. The van der Waals surface area contributed by atoms with Gasteiger partial charge in [-0.2, -0.15) is 0 Å². The van der Waals surface area contributed by atoms with Crippen LogP contribution in [0.3, 0.4) is 0 Å². The first-order chi connectivity index (χ1) is 34.0. The Hall–Kier alpha value is -1.40. The van der Waals surface area contributed by atoms with E-state index in [0.29, 0.717) is 25.9 Å². The Labute approximate surface area is 431 Å². The number of carbonyl (C=O) groups is 2. The second kappa shape index (κ2) is 59.2. The van der Waals surface area contributed by atoms with Crippen molar-refractivity contribution in [2.45, 2.75) is 366 Å². The third kappa shape index (κ3) is 55.8. The van der Waals surface area contributed by atoms with Crippen molar-refractivity contribution >= 4 is 11.9 Å². The van der Waals surface area contributed by atoms with E-state index in [0.717, 1.165) is 64.2 Å². The first-order valence-corrected chi connectivity index (χ1v) is 31.4. The average molecular weight is 975 g/mol. The molecule has 0 aliphatic rings. The van der Waals surface area contributed by atoms with Crippen molar-refractivity contribution < 1.29 is 24.5 Å². The fourth-order valence-electron chi connectivity index (χ4n) is 9.99. The summed E-state index contributed by atoms with van der Waals surface area (Å²) in [5.41, 5.74) is 0. The molecule has 0 heterocycles. The van der Waals surface area contributed by atoms with Crippen molar-refractivity contribution in [3.05, 3.63) is 12.2 Å². The number of amides is 1. The molecule has 3 N–H and O–H groups in total. The summed E-state index contributed by atoms with van der Waals surface area (Å²) >= 11 is 0. The van der Waals surface area contributed by atoms with Gasteiger partial charge in [0, 0.05) is 12.8 Å². The van der Waals surface area contributed by atoms with E-state index in [-0.39, 0.29) is 18.5 Å². The van der Waals surface area contributed by atoms with Gasteiger partial charge in [0.25, 0.3) is 0 Å². The highest BCUT2D eigenvalue weighted by atomic mass is 16.5. The predicted octanol–water partition coefficient (Wildman–Crippen LogP) is 19.6. The predicted molar refractivity (Wildman–Crippen MR) is 301 cm³/mol. The lowest BCUT2D eigenvalue weighted by Gasteiger charge is -2.22. The van der Waals surface area contributed by atoms with Gasteiger partial charge in [-0.3, -0.25) is 9.59 Å². The van der Waals surface area contributed by atoms with Gasteiger partial charge in [-0.25, -0.2) is 0 Å². The molecule has 0 aromatic rings. The second-order valence-electron chi connectivity index (χ2n) is 21.7. The molecule has 6 nitrogen and oxygen atoms in total. The maximum Gasteiger partial charge on any atom is 0.305 e. The molecule has 2 unspecified atom stereocenters. The maximum atomic E-state index is 12.5. The van der Waals surface area contributed by atoms with Gasteiger partial charge in [0.2, 0.25) is 5.91 Å². The van der Waals surface area contributed by atoms with Crippen LogP contribution in [0.5, 0.6) is 0 Å². The van der Waals surface area contributed by atoms with Crippen molar-refractivity contribution in [2.24, 2.45) is 0 Å².